The maximum Gasteiger partial charge on any atom is 0.245 e. The smallest absolute Gasteiger partial charge is 0.245 e. The number of carbonyl (C=O) groups excluding carboxylic acids is 2. The van der Waals surface area contributed by atoms with E-state index in [1.165, 1.54) is 6.92 Å². The Labute approximate surface area is 124 Å². The van der Waals surface area contributed by atoms with Crippen LogP contribution in [-0.2, 0) is 16.1 Å². The maximum absolute atomic E-state index is 12.6. The van der Waals surface area contributed by atoms with Crippen LogP contribution in [0.15, 0.2) is 31.1 Å². The second kappa shape index (κ2) is 7.06. The van der Waals surface area contributed by atoms with Gasteiger partial charge in [0.1, 0.15) is 6.04 Å². The Morgan fingerprint density at radius 3 is 3.00 bits per heavy atom. The molecule has 0 radical (unpaired) electrons. The molecule has 1 N–H and O–H groups in total. The van der Waals surface area contributed by atoms with Crippen LogP contribution in [0.3, 0.4) is 0 Å². The summed E-state index contributed by atoms with van der Waals surface area (Å²) in [6, 6.07) is 1.50. The molecule has 0 bridgehead atoms. The van der Waals surface area contributed by atoms with Gasteiger partial charge in [-0.1, -0.05) is 6.08 Å². The summed E-state index contributed by atoms with van der Waals surface area (Å²) in [6.07, 6.45) is 7.69. The third kappa shape index (κ3) is 3.93. The highest BCUT2D eigenvalue weighted by molar-refractivity contribution is 5.87. The van der Waals surface area contributed by atoms with Gasteiger partial charge in [-0.2, -0.15) is 5.10 Å². The molecular weight excluding hydrogens is 268 g/mol. The minimum atomic E-state index is -0.516. The van der Waals surface area contributed by atoms with Gasteiger partial charge in [-0.05, 0) is 25.3 Å². The molecule has 0 aliphatic carbocycles. The van der Waals surface area contributed by atoms with E-state index in [0.717, 1.165) is 19.4 Å². The molecule has 0 aromatic carbocycles. The lowest BCUT2D eigenvalue weighted by atomic mass is 10.1. The number of aromatic nitrogens is 2. The summed E-state index contributed by atoms with van der Waals surface area (Å²) in [5.74, 6) is -0.224. The van der Waals surface area contributed by atoms with Gasteiger partial charge in [0.25, 0.3) is 0 Å². The predicted octanol–water partition coefficient (Wildman–Crippen LogP) is 0.955. The van der Waals surface area contributed by atoms with Gasteiger partial charge in [-0.15, -0.1) is 6.58 Å². The number of hydrogen-bond donors (Lipinski definition) is 1. The van der Waals surface area contributed by atoms with Crippen LogP contribution in [-0.4, -0.2) is 45.1 Å². The van der Waals surface area contributed by atoms with E-state index >= 15 is 0 Å². The van der Waals surface area contributed by atoms with Crippen molar-refractivity contribution in [3.63, 3.8) is 0 Å². The fraction of sp³-hybridized carbons (Fsp3) is 0.533. The van der Waals surface area contributed by atoms with Crippen molar-refractivity contribution in [2.45, 2.75) is 44.8 Å². The summed E-state index contributed by atoms with van der Waals surface area (Å²) in [7, 11) is 0. The van der Waals surface area contributed by atoms with E-state index in [-0.39, 0.29) is 17.9 Å². The van der Waals surface area contributed by atoms with Gasteiger partial charge in [0, 0.05) is 25.9 Å². The van der Waals surface area contributed by atoms with E-state index in [0.29, 0.717) is 13.0 Å². The fourth-order valence-electron chi connectivity index (χ4n) is 2.77. The summed E-state index contributed by atoms with van der Waals surface area (Å²) >= 11 is 0. The standard InChI is InChI=1S/C15H22N4O2/c1-3-6-14(17-12(2)20)15(21)19-10-4-7-13(19)11-18-9-5-8-16-18/h3,5,8-9,13-14H,1,4,6-7,10-11H2,2H3,(H,17,20)/t13-,14+/m0/s1. The largest absolute Gasteiger partial charge is 0.344 e. The highest BCUT2D eigenvalue weighted by atomic mass is 16.2. The summed E-state index contributed by atoms with van der Waals surface area (Å²) in [6.45, 7) is 6.51. The Hall–Kier alpha value is -2.11. The van der Waals surface area contributed by atoms with Gasteiger partial charge < -0.3 is 10.2 Å². The van der Waals surface area contributed by atoms with Gasteiger partial charge in [-0.25, -0.2) is 0 Å². The van der Waals surface area contributed by atoms with Crippen LogP contribution in [0.4, 0.5) is 0 Å². The molecule has 1 aromatic rings. The first-order valence-corrected chi connectivity index (χ1v) is 7.27. The van der Waals surface area contributed by atoms with Crippen molar-refractivity contribution in [3.05, 3.63) is 31.1 Å². The van der Waals surface area contributed by atoms with Crippen molar-refractivity contribution >= 4 is 11.8 Å². The molecule has 6 nitrogen and oxygen atoms in total. The lowest BCUT2D eigenvalue weighted by Crippen LogP contribution is -2.50. The number of likely N-dealkylation sites (tertiary alicyclic amines) is 1. The highest BCUT2D eigenvalue weighted by Crippen LogP contribution is 2.20. The number of hydrogen-bond acceptors (Lipinski definition) is 3. The molecule has 114 valence electrons. The van der Waals surface area contributed by atoms with Crippen molar-refractivity contribution in [1.29, 1.82) is 0 Å². The number of nitrogens with one attached hydrogen (secondary N) is 1. The van der Waals surface area contributed by atoms with Crippen LogP contribution in [0.2, 0.25) is 0 Å². The molecule has 2 heterocycles. The maximum atomic E-state index is 12.6. The van der Waals surface area contributed by atoms with Crippen LogP contribution in [0, 0.1) is 0 Å². The molecule has 1 aliphatic rings. The molecule has 0 spiro atoms. The zero-order chi connectivity index (χ0) is 15.2. The number of amides is 2. The average molecular weight is 290 g/mol. The minimum absolute atomic E-state index is 0.0280. The van der Waals surface area contributed by atoms with Crippen LogP contribution in [0.5, 0.6) is 0 Å². The van der Waals surface area contributed by atoms with Crippen LogP contribution >= 0.6 is 0 Å². The van der Waals surface area contributed by atoms with Gasteiger partial charge in [0.05, 0.1) is 12.6 Å². The average Bonchev–Trinajstić information content (AvgIpc) is 3.09. The first-order valence-electron chi connectivity index (χ1n) is 7.27. The zero-order valence-corrected chi connectivity index (χ0v) is 12.4. The first-order chi connectivity index (χ1) is 10.1. The van der Waals surface area contributed by atoms with Crippen molar-refractivity contribution in [3.8, 4) is 0 Å². The Morgan fingerprint density at radius 1 is 1.57 bits per heavy atom. The SMILES string of the molecule is C=CC[C@@H](NC(C)=O)C(=O)N1CCC[C@H]1Cn1cccn1. The van der Waals surface area contributed by atoms with Crippen molar-refractivity contribution in [1.82, 2.24) is 20.0 Å². The third-order valence-corrected chi connectivity index (χ3v) is 3.70. The van der Waals surface area contributed by atoms with Crippen LogP contribution in [0.25, 0.3) is 0 Å². The predicted molar refractivity (Wildman–Crippen MR) is 79.4 cm³/mol. The van der Waals surface area contributed by atoms with E-state index in [4.69, 9.17) is 0 Å². The first kappa shape index (κ1) is 15.3. The Bertz CT molecular complexity index is 498. The summed E-state index contributed by atoms with van der Waals surface area (Å²) in [5.41, 5.74) is 0. The topological polar surface area (TPSA) is 67.2 Å². The van der Waals surface area contributed by atoms with E-state index in [9.17, 15) is 9.59 Å². The summed E-state index contributed by atoms with van der Waals surface area (Å²) in [4.78, 5) is 25.8. The molecule has 0 saturated carbocycles. The molecule has 1 fully saturated rings. The molecule has 1 aliphatic heterocycles. The molecule has 6 heteroatoms. The second-order valence-corrected chi connectivity index (χ2v) is 5.33. The quantitative estimate of drug-likeness (QED) is 0.793. The van der Waals surface area contributed by atoms with E-state index in [1.54, 1.807) is 12.3 Å². The second-order valence-electron chi connectivity index (χ2n) is 5.33. The monoisotopic (exact) mass is 290 g/mol. The summed E-state index contributed by atoms with van der Waals surface area (Å²) in [5, 5.41) is 6.91. The molecule has 21 heavy (non-hydrogen) atoms. The third-order valence-electron chi connectivity index (χ3n) is 3.70. The lowest BCUT2D eigenvalue weighted by molar-refractivity contribution is -0.137. The molecule has 2 atom stereocenters. The lowest BCUT2D eigenvalue weighted by Gasteiger charge is -2.28. The molecule has 2 rings (SSSR count). The Balaban J connectivity index is 2.04. The Morgan fingerprint density at radius 2 is 2.38 bits per heavy atom. The van der Waals surface area contributed by atoms with Gasteiger partial charge in [-0.3, -0.25) is 14.3 Å². The minimum Gasteiger partial charge on any atom is -0.344 e. The van der Waals surface area contributed by atoms with Crippen molar-refractivity contribution in [2.75, 3.05) is 6.54 Å². The number of rotatable bonds is 6. The van der Waals surface area contributed by atoms with Crippen molar-refractivity contribution < 1.29 is 9.59 Å². The van der Waals surface area contributed by atoms with Gasteiger partial charge in [0.2, 0.25) is 11.8 Å². The zero-order valence-electron chi connectivity index (χ0n) is 12.4. The normalized spacial score (nSPS) is 19.3. The number of carbonyl (C=O) groups is 2. The molecular formula is C15H22N4O2. The highest BCUT2D eigenvalue weighted by Gasteiger charge is 2.33. The number of nitrogens with zero attached hydrogens (tertiary/aromatic N) is 3. The molecule has 1 aromatic heterocycles. The summed E-state index contributed by atoms with van der Waals surface area (Å²) < 4.78 is 1.84. The fourth-order valence-corrected chi connectivity index (χ4v) is 2.77. The van der Waals surface area contributed by atoms with Crippen LogP contribution in [0.1, 0.15) is 26.2 Å². The van der Waals surface area contributed by atoms with Gasteiger partial charge in [0.15, 0.2) is 0 Å². The molecule has 2 amide bonds. The molecule has 1 saturated heterocycles. The van der Waals surface area contributed by atoms with E-state index in [2.05, 4.69) is 17.0 Å². The molecule has 0 unspecified atom stereocenters. The van der Waals surface area contributed by atoms with E-state index < -0.39 is 6.04 Å². The van der Waals surface area contributed by atoms with E-state index in [1.807, 2.05) is 21.8 Å². The van der Waals surface area contributed by atoms with Crippen molar-refractivity contribution in [2.24, 2.45) is 0 Å². The van der Waals surface area contributed by atoms with Gasteiger partial charge >= 0.3 is 0 Å². The Kier molecular flexibility index (Phi) is 5.14. The van der Waals surface area contributed by atoms with Crippen LogP contribution < -0.4 is 5.32 Å².